The molecule has 1 unspecified atom stereocenters. The monoisotopic (exact) mass is 510 g/mol. The minimum absolute atomic E-state index is 0.0279. The molecule has 3 aliphatic rings. The lowest BCUT2D eigenvalue weighted by Gasteiger charge is -2.47. The van der Waals surface area contributed by atoms with E-state index in [1.54, 1.807) is 0 Å². The molecule has 1 fully saturated rings. The molecule has 0 bridgehead atoms. The van der Waals surface area contributed by atoms with Crippen LogP contribution in [-0.2, 0) is 29.5 Å². The van der Waals surface area contributed by atoms with E-state index in [4.69, 9.17) is 4.74 Å². The van der Waals surface area contributed by atoms with Crippen molar-refractivity contribution >= 4 is 11.7 Å². The van der Waals surface area contributed by atoms with E-state index in [9.17, 15) is 9.90 Å². The number of aromatic nitrogens is 1. The maximum absolute atomic E-state index is 12.6. The number of carbonyl (C=O) groups is 1. The first-order valence-corrected chi connectivity index (χ1v) is 14.2. The van der Waals surface area contributed by atoms with Crippen LogP contribution in [-0.4, -0.2) is 28.2 Å². The van der Waals surface area contributed by atoms with Gasteiger partial charge < -0.3 is 15.2 Å². The van der Waals surface area contributed by atoms with Crippen LogP contribution in [0.2, 0.25) is 0 Å². The molecule has 0 saturated heterocycles. The van der Waals surface area contributed by atoms with Crippen LogP contribution in [0.25, 0.3) is 0 Å². The van der Waals surface area contributed by atoms with Crippen molar-refractivity contribution in [2.75, 3.05) is 11.9 Å². The average Bonchev–Trinajstić information content (AvgIpc) is 3.53. The highest BCUT2D eigenvalue weighted by molar-refractivity contribution is 5.83. The Bertz CT molecular complexity index is 1300. The number of aliphatic carboxylic acids is 1. The van der Waals surface area contributed by atoms with Gasteiger partial charge in [-0.05, 0) is 104 Å². The van der Waals surface area contributed by atoms with Crippen molar-refractivity contribution in [1.82, 2.24) is 4.98 Å². The molecule has 5 heteroatoms. The second-order valence-electron chi connectivity index (χ2n) is 11.8. The number of aryl methyl sites for hydroxylation is 1. The van der Waals surface area contributed by atoms with Gasteiger partial charge in [-0.1, -0.05) is 49.4 Å². The van der Waals surface area contributed by atoms with Gasteiger partial charge >= 0.3 is 5.97 Å². The molecule has 1 saturated carbocycles. The van der Waals surface area contributed by atoms with E-state index in [-0.39, 0.29) is 5.41 Å². The third-order valence-corrected chi connectivity index (χ3v) is 9.52. The fraction of sp³-hybridized carbons (Fsp3) is 0.455. The van der Waals surface area contributed by atoms with Gasteiger partial charge in [0.2, 0.25) is 0 Å². The summed E-state index contributed by atoms with van der Waals surface area (Å²) in [5.74, 6) is 1.17. The van der Waals surface area contributed by atoms with E-state index in [0.717, 1.165) is 56.4 Å². The highest BCUT2D eigenvalue weighted by Gasteiger charge is 2.54. The number of hydrogen-bond acceptors (Lipinski definition) is 4. The molecule has 1 heterocycles. The Morgan fingerprint density at radius 2 is 1.82 bits per heavy atom. The number of anilines is 1. The van der Waals surface area contributed by atoms with Crippen molar-refractivity contribution in [3.63, 3.8) is 0 Å². The van der Waals surface area contributed by atoms with Gasteiger partial charge in [0.1, 0.15) is 11.3 Å². The number of carboxylic acid groups (broad SMARTS) is 1. The zero-order chi connectivity index (χ0) is 26.2. The predicted molar refractivity (Wildman–Crippen MR) is 150 cm³/mol. The summed E-state index contributed by atoms with van der Waals surface area (Å²) >= 11 is 0. The molecule has 2 N–H and O–H groups in total. The topological polar surface area (TPSA) is 71.5 Å². The van der Waals surface area contributed by atoms with E-state index in [1.165, 1.54) is 22.4 Å². The number of ether oxygens (including phenoxy) is 1. The summed E-state index contributed by atoms with van der Waals surface area (Å²) in [5, 5.41) is 13.8. The Balaban J connectivity index is 1.19. The van der Waals surface area contributed by atoms with Crippen LogP contribution in [0.15, 0.2) is 66.9 Å². The maximum atomic E-state index is 12.6. The summed E-state index contributed by atoms with van der Waals surface area (Å²) < 4.78 is 6.38. The smallest absolute Gasteiger partial charge is 0.329 e. The van der Waals surface area contributed by atoms with Gasteiger partial charge in [-0.2, -0.15) is 0 Å². The third-order valence-electron chi connectivity index (χ3n) is 9.52. The number of rotatable bonds is 8. The third kappa shape index (κ3) is 4.46. The molecule has 0 radical (unpaired) electrons. The van der Waals surface area contributed by atoms with Crippen LogP contribution < -0.4 is 10.1 Å². The molecule has 2 aromatic carbocycles. The highest BCUT2D eigenvalue weighted by atomic mass is 16.5. The molecular weight excluding hydrogens is 472 g/mol. The van der Waals surface area contributed by atoms with Gasteiger partial charge in [0.15, 0.2) is 0 Å². The predicted octanol–water partition coefficient (Wildman–Crippen LogP) is 6.60. The van der Waals surface area contributed by atoms with Crippen LogP contribution in [0.1, 0.15) is 67.8 Å². The second kappa shape index (κ2) is 10.1. The first-order valence-electron chi connectivity index (χ1n) is 14.2. The Kier molecular flexibility index (Phi) is 6.63. The van der Waals surface area contributed by atoms with E-state index < -0.39 is 11.5 Å². The molecule has 3 aromatic rings. The van der Waals surface area contributed by atoms with Crippen molar-refractivity contribution in [3.05, 3.63) is 89.2 Å². The normalized spacial score (nSPS) is 26.5. The van der Waals surface area contributed by atoms with Crippen molar-refractivity contribution in [2.45, 2.75) is 75.7 Å². The fourth-order valence-electron chi connectivity index (χ4n) is 7.52. The lowest BCUT2D eigenvalue weighted by molar-refractivity contribution is -0.144. The van der Waals surface area contributed by atoms with Crippen molar-refractivity contribution < 1.29 is 14.6 Å². The average molecular weight is 511 g/mol. The number of carboxylic acids is 1. The molecular formula is C33H38N2O3. The van der Waals surface area contributed by atoms with Crippen molar-refractivity contribution in [1.29, 1.82) is 0 Å². The van der Waals surface area contributed by atoms with Crippen molar-refractivity contribution in [2.24, 2.45) is 11.8 Å². The van der Waals surface area contributed by atoms with Gasteiger partial charge in [-0.3, -0.25) is 4.98 Å². The maximum Gasteiger partial charge on any atom is 0.329 e. The quantitative estimate of drug-likeness (QED) is 0.357. The Morgan fingerprint density at radius 1 is 1.05 bits per heavy atom. The molecule has 5 nitrogen and oxygen atoms in total. The number of nitrogens with zero attached hydrogens (tertiary/aromatic N) is 1. The molecule has 0 amide bonds. The minimum Gasteiger partial charge on any atom is -0.493 e. The van der Waals surface area contributed by atoms with E-state index in [2.05, 4.69) is 41.5 Å². The summed E-state index contributed by atoms with van der Waals surface area (Å²) in [7, 11) is 0. The fourth-order valence-corrected chi connectivity index (χ4v) is 7.52. The van der Waals surface area contributed by atoms with Crippen LogP contribution in [0.4, 0.5) is 5.69 Å². The minimum atomic E-state index is -0.925. The Hall–Kier alpha value is -3.34. The summed E-state index contributed by atoms with van der Waals surface area (Å²) in [4.78, 5) is 17.1. The van der Waals surface area contributed by atoms with Gasteiger partial charge in [-0.15, -0.1) is 0 Å². The number of pyridine rings is 1. The molecule has 1 spiro atoms. The van der Waals surface area contributed by atoms with Crippen LogP contribution in [0.3, 0.4) is 0 Å². The van der Waals surface area contributed by atoms with E-state index in [0.29, 0.717) is 31.3 Å². The first kappa shape index (κ1) is 25.0. The summed E-state index contributed by atoms with van der Waals surface area (Å²) in [6.07, 6.45) is 10.3. The van der Waals surface area contributed by atoms with Crippen LogP contribution in [0.5, 0.6) is 5.75 Å². The van der Waals surface area contributed by atoms with Gasteiger partial charge in [0.05, 0.1) is 6.61 Å². The molecule has 1 aromatic heterocycles. The molecule has 2 atom stereocenters. The number of para-hydroxylation sites is 1. The molecule has 6 rings (SSSR count). The Morgan fingerprint density at radius 3 is 2.61 bits per heavy atom. The zero-order valence-corrected chi connectivity index (χ0v) is 22.3. The SMILES string of the molecule is C[C@@H](COc1ccnc2c1CCC2)CC1Cc2ccccc2C12CCC(Nc1ccccc1)(C(=O)O)CC2. The molecule has 0 aliphatic heterocycles. The largest absolute Gasteiger partial charge is 0.493 e. The number of hydrogen-bond donors (Lipinski definition) is 2. The lowest BCUT2D eigenvalue weighted by Crippen LogP contribution is -2.53. The highest BCUT2D eigenvalue weighted by Crippen LogP contribution is 2.56. The number of nitrogens with one attached hydrogen (secondary N) is 1. The first-order chi connectivity index (χ1) is 18.5. The molecule has 38 heavy (non-hydrogen) atoms. The van der Waals surface area contributed by atoms with E-state index in [1.807, 2.05) is 42.6 Å². The number of benzene rings is 2. The van der Waals surface area contributed by atoms with E-state index >= 15 is 0 Å². The molecule has 198 valence electrons. The van der Waals surface area contributed by atoms with Gasteiger partial charge in [-0.25, -0.2) is 4.79 Å². The summed E-state index contributed by atoms with van der Waals surface area (Å²) in [6, 6.07) is 20.7. The second-order valence-corrected chi connectivity index (χ2v) is 11.8. The van der Waals surface area contributed by atoms with Gasteiger partial charge in [0.25, 0.3) is 0 Å². The zero-order valence-electron chi connectivity index (χ0n) is 22.3. The van der Waals surface area contributed by atoms with Gasteiger partial charge in [0, 0.05) is 23.1 Å². The lowest BCUT2D eigenvalue weighted by atomic mass is 9.59. The van der Waals surface area contributed by atoms with Crippen LogP contribution >= 0.6 is 0 Å². The molecule has 3 aliphatic carbocycles. The summed E-state index contributed by atoms with van der Waals surface area (Å²) in [6.45, 7) is 3.01. The summed E-state index contributed by atoms with van der Waals surface area (Å²) in [5.41, 5.74) is 5.37. The van der Waals surface area contributed by atoms with Crippen molar-refractivity contribution in [3.8, 4) is 5.75 Å². The van der Waals surface area contributed by atoms with Crippen LogP contribution in [0, 0.1) is 11.8 Å². The standard InChI is InChI=1S/C33H38N2O3/c1-23(22-38-30-14-19-34-29-13-7-11-27(29)30)20-25-21-24-8-5-6-12-28(24)32(25)15-17-33(18-16-32,31(36)37)35-26-9-3-2-4-10-26/h2-6,8-10,12,14,19,23,25,35H,7,11,13,15-18,20-22H2,1H3,(H,36,37)/t23-,25?,32?,33?/m1/s1. The number of fused-ring (bicyclic) bond motifs is 3. The Labute approximate surface area is 225 Å².